The molecule has 0 saturated heterocycles. The molecule has 0 aliphatic carbocycles. The van der Waals surface area contributed by atoms with Crippen LogP contribution in [-0.4, -0.2) is 41.8 Å². The Labute approximate surface area is 108 Å². The third-order valence-corrected chi connectivity index (χ3v) is 3.38. The number of aromatic nitrogens is 2. The van der Waals surface area contributed by atoms with Gasteiger partial charge < -0.3 is 14.6 Å². The molecule has 98 valence electrons. The number of rotatable bonds is 8. The Morgan fingerprint density at radius 3 is 2.94 bits per heavy atom. The summed E-state index contributed by atoms with van der Waals surface area (Å²) in [6.45, 7) is 5.74. The van der Waals surface area contributed by atoms with Gasteiger partial charge in [0.25, 0.3) is 0 Å². The third-order valence-electron chi connectivity index (χ3n) is 2.67. The molecular formula is C12H23N3OS. The van der Waals surface area contributed by atoms with Crippen LogP contribution in [0, 0.1) is 6.92 Å². The smallest absolute Gasteiger partial charge is 0.203 e. The summed E-state index contributed by atoms with van der Waals surface area (Å²) in [5.41, 5.74) is 1.06. The highest BCUT2D eigenvalue weighted by Gasteiger charge is 2.13. The molecule has 1 aromatic rings. The van der Waals surface area contributed by atoms with E-state index in [2.05, 4.69) is 34.2 Å². The molecule has 0 radical (unpaired) electrons. The number of anilines is 1. The van der Waals surface area contributed by atoms with Crippen LogP contribution in [0.1, 0.15) is 25.1 Å². The number of imidazole rings is 1. The Kier molecular flexibility index (Phi) is 6.44. The summed E-state index contributed by atoms with van der Waals surface area (Å²) in [6.07, 6.45) is 5.39. The Bertz CT molecular complexity index is 328. The van der Waals surface area contributed by atoms with Gasteiger partial charge in [0, 0.05) is 31.6 Å². The largest absolute Gasteiger partial charge is 0.383 e. The second kappa shape index (κ2) is 7.61. The fourth-order valence-corrected chi connectivity index (χ4v) is 2.56. The Hall–Kier alpha value is -0.680. The van der Waals surface area contributed by atoms with Crippen molar-refractivity contribution in [2.45, 2.75) is 26.3 Å². The molecule has 1 N–H and O–H groups in total. The van der Waals surface area contributed by atoms with E-state index < -0.39 is 0 Å². The monoisotopic (exact) mass is 257 g/mol. The highest BCUT2D eigenvalue weighted by atomic mass is 32.2. The summed E-state index contributed by atoms with van der Waals surface area (Å²) in [4.78, 5) is 4.52. The molecular weight excluding hydrogens is 234 g/mol. The highest BCUT2D eigenvalue weighted by Crippen LogP contribution is 2.21. The summed E-state index contributed by atoms with van der Waals surface area (Å²) < 4.78 is 7.29. The van der Waals surface area contributed by atoms with E-state index in [1.807, 2.05) is 18.7 Å². The second-order valence-electron chi connectivity index (χ2n) is 4.05. The van der Waals surface area contributed by atoms with E-state index in [1.54, 1.807) is 7.11 Å². The number of methoxy groups -OCH3 is 1. The predicted octanol–water partition coefficient (Wildman–Crippen LogP) is 2.56. The first-order chi connectivity index (χ1) is 8.22. The van der Waals surface area contributed by atoms with Gasteiger partial charge in [0.15, 0.2) is 0 Å². The number of hydrogen-bond donors (Lipinski definition) is 1. The van der Waals surface area contributed by atoms with Gasteiger partial charge >= 0.3 is 0 Å². The van der Waals surface area contributed by atoms with Crippen molar-refractivity contribution in [3.05, 3.63) is 11.9 Å². The van der Waals surface area contributed by atoms with E-state index in [1.165, 1.54) is 0 Å². The second-order valence-corrected chi connectivity index (χ2v) is 4.96. The normalized spacial score (nSPS) is 12.7. The van der Waals surface area contributed by atoms with Crippen molar-refractivity contribution < 1.29 is 4.74 Å². The molecule has 1 aromatic heterocycles. The van der Waals surface area contributed by atoms with Gasteiger partial charge in [0.2, 0.25) is 5.95 Å². The Morgan fingerprint density at radius 1 is 1.59 bits per heavy atom. The van der Waals surface area contributed by atoms with Crippen LogP contribution in [-0.2, 0) is 4.74 Å². The van der Waals surface area contributed by atoms with Crippen molar-refractivity contribution in [1.82, 2.24) is 9.55 Å². The molecule has 1 unspecified atom stereocenters. The minimum atomic E-state index is 0.510. The van der Waals surface area contributed by atoms with Crippen LogP contribution in [0.25, 0.3) is 0 Å². The molecule has 1 atom stereocenters. The maximum atomic E-state index is 5.04. The van der Waals surface area contributed by atoms with Crippen molar-refractivity contribution in [3.8, 4) is 0 Å². The standard InChI is InChI=1S/C12H23N3OS/c1-5-11(9-17-4)15-8-10(2)14-12(15)13-6-7-16-3/h8,11H,5-7,9H2,1-4H3,(H,13,14). The van der Waals surface area contributed by atoms with Crippen molar-refractivity contribution >= 4 is 17.7 Å². The Morgan fingerprint density at radius 2 is 2.35 bits per heavy atom. The summed E-state index contributed by atoms with van der Waals surface area (Å²) in [7, 11) is 1.71. The van der Waals surface area contributed by atoms with Crippen LogP contribution in [0.4, 0.5) is 5.95 Å². The van der Waals surface area contributed by atoms with Gasteiger partial charge in [-0.2, -0.15) is 11.8 Å². The van der Waals surface area contributed by atoms with Crippen molar-refractivity contribution in [2.24, 2.45) is 0 Å². The number of nitrogens with zero attached hydrogens (tertiary/aromatic N) is 2. The van der Waals surface area contributed by atoms with Crippen molar-refractivity contribution in [3.63, 3.8) is 0 Å². The lowest BCUT2D eigenvalue weighted by Crippen LogP contribution is -2.16. The lowest BCUT2D eigenvalue weighted by Gasteiger charge is -2.18. The molecule has 0 aliphatic heterocycles. The summed E-state index contributed by atoms with van der Waals surface area (Å²) in [6, 6.07) is 0.510. The van der Waals surface area contributed by atoms with E-state index in [0.717, 1.165) is 30.4 Å². The molecule has 0 saturated carbocycles. The lowest BCUT2D eigenvalue weighted by molar-refractivity contribution is 0.210. The number of aryl methyl sites for hydroxylation is 1. The van der Waals surface area contributed by atoms with Gasteiger partial charge in [-0.3, -0.25) is 0 Å². The van der Waals surface area contributed by atoms with Gasteiger partial charge in [-0.15, -0.1) is 0 Å². The fraction of sp³-hybridized carbons (Fsp3) is 0.750. The van der Waals surface area contributed by atoms with Gasteiger partial charge in [-0.1, -0.05) is 6.92 Å². The first-order valence-electron chi connectivity index (χ1n) is 6.00. The molecule has 0 aliphatic rings. The maximum Gasteiger partial charge on any atom is 0.203 e. The van der Waals surface area contributed by atoms with Gasteiger partial charge in [0.05, 0.1) is 12.3 Å². The quantitative estimate of drug-likeness (QED) is 0.727. The Balaban J connectivity index is 2.74. The molecule has 0 amide bonds. The van der Waals surface area contributed by atoms with Gasteiger partial charge in [-0.25, -0.2) is 4.98 Å². The van der Waals surface area contributed by atoms with E-state index in [0.29, 0.717) is 12.6 Å². The average molecular weight is 257 g/mol. The topological polar surface area (TPSA) is 39.1 Å². The highest BCUT2D eigenvalue weighted by molar-refractivity contribution is 7.98. The maximum absolute atomic E-state index is 5.04. The number of ether oxygens (including phenoxy) is 1. The molecule has 1 rings (SSSR count). The molecule has 17 heavy (non-hydrogen) atoms. The zero-order valence-electron chi connectivity index (χ0n) is 11.2. The zero-order valence-corrected chi connectivity index (χ0v) is 12.0. The SMILES string of the molecule is CCC(CSC)n1cc(C)nc1NCCOC. The average Bonchev–Trinajstić information content (AvgIpc) is 2.68. The molecule has 0 bridgehead atoms. The number of hydrogen-bond acceptors (Lipinski definition) is 4. The minimum Gasteiger partial charge on any atom is -0.383 e. The van der Waals surface area contributed by atoms with Crippen LogP contribution >= 0.6 is 11.8 Å². The van der Waals surface area contributed by atoms with Crippen LogP contribution in [0.5, 0.6) is 0 Å². The molecule has 0 spiro atoms. The first kappa shape index (κ1) is 14.4. The van der Waals surface area contributed by atoms with E-state index in [4.69, 9.17) is 4.74 Å². The number of thioether (sulfide) groups is 1. The number of nitrogens with one attached hydrogen (secondary N) is 1. The molecule has 0 aromatic carbocycles. The summed E-state index contributed by atoms with van der Waals surface area (Å²) >= 11 is 1.87. The summed E-state index contributed by atoms with van der Waals surface area (Å²) in [5.74, 6) is 2.08. The minimum absolute atomic E-state index is 0.510. The van der Waals surface area contributed by atoms with Crippen molar-refractivity contribution in [1.29, 1.82) is 0 Å². The molecule has 0 fully saturated rings. The van der Waals surface area contributed by atoms with Gasteiger partial charge in [-0.05, 0) is 19.6 Å². The van der Waals surface area contributed by atoms with Crippen molar-refractivity contribution in [2.75, 3.05) is 37.6 Å². The van der Waals surface area contributed by atoms with Gasteiger partial charge in [0.1, 0.15) is 0 Å². The predicted molar refractivity (Wildman–Crippen MR) is 75.0 cm³/mol. The van der Waals surface area contributed by atoms with E-state index in [-0.39, 0.29) is 0 Å². The summed E-state index contributed by atoms with van der Waals surface area (Å²) in [5, 5.41) is 3.33. The van der Waals surface area contributed by atoms with Crippen LogP contribution in [0.15, 0.2) is 6.20 Å². The van der Waals surface area contributed by atoms with Crippen LogP contribution < -0.4 is 5.32 Å². The lowest BCUT2D eigenvalue weighted by atomic mass is 10.2. The van der Waals surface area contributed by atoms with E-state index in [9.17, 15) is 0 Å². The first-order valence-corrected chi connectivity index (χ1v) is 7.39. The zero-order chi connectivity index (χ0) is 12.7. The van der Waals surface area contributed by atoms with E-state index >= 15 is 0 Å². The molecule has 4 nitrogen and oxygen atoms in total. The van der Waals surface area contributed by atoms with Crippen LogP contribution in [0.3, 0.4) is 0 Å². The fourth-order valence-electron chi connectivity index (χ4n) is 1.78. The molecule has 5 heteroatoms. The van der Waals surface area contributed by atoms with Crippen LogP contribution in [0.2, 0.25) is 0 Å². The molecule has 1 heterocycles. The third kappa shape index (κ3) is 4.24.